The van der Waals surface area contributed by atoms with Gasteiger partial charge in [-0.1, -0.05) is 12.8 Å². The first kappa shape index (κ1) is 16.3. The Bertz CT molecular complexity index is 367. The molecule has 0 spiro atoms. The molecule has 3 atom stereocenters. The highest BCUT2D eigenvalue weighted by molar-refractivity contribution is 5.82. The summed E-state index contributed by atoms with van der Waals surface area (Å²) in [6.45, 7) is 7.80. The molecule has 2 unspecified atom stereocenters. The molecule has 0 aromatic heterocycles. The SMILES string of the molecule is CC1CCCCN1CC1CCCN(C(=O)[C@H]2CCCCN2)C1. The van der Waals surface area contributed by atoms with E-state index in [1.165, 1.54) is 58.0 Å². The van der Waals surface area contributed by atoms with Crippen molar-refractivity contribution in [2.24, 2.45) is 5.92 Å². The van der Waals surface area contributed by atoms with Crippen LogP contribution in [0.3, 0.4) is 0 Å². The number of piperidine rings is 3. The van der Waals surface area contributed by atoms with Gasteiger partial charge in [-0.15, -0.1) is 0 Å². The molecule has 0 saturated carbocycles. The largest absolute Gasteiger partial charge is 0.341 e. The van der Waals surface area contributed by atoms with E-state index in [-0.39, 0.29) is 6.04 Å². The Morgan fingerprint density at radius 2 is 1.91 bits per heavy atom. The van der Waals surface area contributed by atoms with Gasteiger partial charge in [0.05, 0.1) is 6.04 Å². The first-order valence-corrected chi connectivity index (χ1v) is 9.50. The van der Waals surface area contributed by atoms with Crippen LogP contribution in [-0.2, 0) is 4.79 Å². The molecule has 0 bridgehead atoms. The summed E-state index contributed by atoms with van der Waals surface area (Å²) in [5.41, 5.74) is 0. The molecule has 3 fully saturated rings. The van der Waals surface area contributed by atoms with E-state index >= 15 is 0 Å². The van der Waals surface area contributed by atoms with Crippen molar-refractivity contribution in [3.05, 3.63) is 0 Å². The number of amides is 1. The second-order valence-corrected chi connectivity index (χ2v) is 7.63. The van der Waals surface area contributed by atoms with Crippen LogP contribution in [-0.4, -0.2) is 60.5 Å². The third kappa shape index (κ3) is 4.02. The van der Waals surface area contributed by atoms with Crippen LogP contribution in [0.1, 0.15) is 58.3 Å². The molecular formula is C18H33N3O. The molecule has 0 aliphatic carbocycles. The van der Waals surface area contributed by atoms with Crippen LogP contribution in [0.25, 0.3) is 0 Å². The number of carbonyl (C=O) groups excluding carboxylic acids is 1. The van der Waals surface area contributed by atoms with Gasteiger partial charge >= 0.3 is 0 Å². The smallest absolute Gasteiger partial charge is 0.239 e. The second kappa shape index (κ2) is 7.78. The lowest BCUT2D eigenvalue weighted by molar-refractivity contribution is -0.136. The van der Waals surface area contributed by atoms with Crippen LogP contribution in [0.5, 0.6) is 0 Å². The maximum atomic E-state index is 12.7. The molecular weight excluding hydrogens is 274 g/mol. The van der Waals surface area contributed by atoms with Crippen LogP contribution in [0.4, 0.5) is 0 Å². The predicted molar refractivity (Wildman–Crippen MR) is 89.8 cm³/mol. The number of hydrogen-bond acceptors (Lipinski definition) is 3. The van der Waals surface area contributed by atoms with Gasteiger partial charge in [0.15, 0.2) is 0 Å². The van der Waals surface area contributed by atoms with E-state index in [9.17, 15) is 4.79 Å². The maximum absolute atomic E-state index is 12.7. The highest BCUT2D eigenvalue weighted by Gasteiger charge is 2.31. The Morgan fingerprint density at radius 1 is 1.05 bits per heavy atom. The van der Waals surface area contributed by atoms with Crippen LogP contribution < -0.4 is 5.32 Å². The van der Waals surface area contributed by atoms with Crippen molar-refractivity contribution in [1.82, 2.24) is 15.1 Å². The minimum atomic E-state index is 0.0985. The van der Waals surface area contributed by atoms with Crippen molar-refractivity contribution < 1.29 is 4.79 Å². The lowest BCUT2D eigenvalue weighted by Crippen LogP contribution is -2.53. The van der Waals surface area contributed by atoms with Gasteiger partial charge in [-0.25, -0.2) is 0 Å². The Kier molecular flexibility index (Phi) is 5.75. The number of nitrogens with one attached hydrogen (secondary N) is 1. The van der Waals surface area contributed by atoms with E-state index in [1.54, 1.807) is 0 Å². The Morgan fingerprint density at radius 3 is 2.68 bits per heavy atom. The quantitative estimate of drug-likeness (QED) is 0.868. The molecule has 1 N–H and O–H groups in total. The van der Waals surface area contributed by atoms with E-state index in [1.807, 2.05) is 0 Å². The molecule has 3 rings (SSSR count). The topological polar surface area (TPSA) is 35.6 Å². The molecule has 1 amide bonds. The lowest BCUT2D eigenvalue weighted by atomic mass is 9.93. The molecule has 3 saturated heterocycles. The van der Waals surface area contributed by atoms with Crippen LogP contribution >= 0.6 is 0 Å². The summed E-state index contributed by atoms with van der Waals surface area (Å²) in [5, 5.41) is 3.42. The highest BCUT2D eigenvalue weighted by Crippen LogP contribution is 2.23. The molecule has 22 heavy (non-hydrogen) atoms. The van der Waals surface area contributed by atoms with Gasteiger partial charge in [0.2, 0.25) is 5.91 Å². The zero-order valence-electron chi connectivity index (χ0n) is 14.2. The van der Waals surface area contributed by atoms with E-state index < -0.39 is 0 Å². The molecule has 126 valence electrons. The fourth-order valence-electron chi connectivity index (χ4n) is 4.46. The molecule has 4 heteroatoms. The van der Waals surface area contributed by atoms with Gasteiger partial charge in [0.25, 0.3) is 0 Å². The molecule has 0 aromatic rings. The van der Waals surface area contributed by atoms with Crippen molar-refractivity contribution in [2.45, 2.75) is 70.4 Å². The van der Waals surface area contributed by atoms with Gasteiger partial charge < -0.3 is 15.1 Å². The monoisotopic (exact) mass is 307 g/mol. The summed E-state index contributed by atoms with van der Waals surface area (Å²) in [7, 11) is 0. The summed E-state index contributed by atoms with van der Waals surface area (Å²) in [6, 6.07) is 0.834. The number of rotatable bonds is 3. The number of nitrogens with zero attached hydrogens (tertiary/aromatic N) is 2. The number of likely N-dealkylation sites (tertiary alicyclic amines) is 2. The zero-order chi connectivity index (χ0) is 15.4. The van der Waals surface area contributed by atoms with Crippen molar-refractivity contribution in [2.75, 3.05) is 32.7 Å². The second-order valence-electron chi connectivity index (χ2n) is 7.63. The van der Waals surface area contributed by atoms with Crippen molar-refractivity contribution in [3.63, 3.8) is 0 Å². The minimum Gasteiger partial charge on any atom is -0.341 e. The molecule has 3 aliphatic rings. The van der Waals surface area contributed by atoms with Crippen molar-refractivity contribution in [1.29, 1.82) is 0 Å². The summed E-state index contributed by atoms with van der Waals surface area (Å²) < 4.78 is 0. The van der Waals surface area contributed by atoms with Crippen molar-refractivity contribution >= 4 is 5.91 Å². The average molecular weight is 307 g/mol. The maximum Gasteiger partial charge on any atom is 0.239 e. The van der Waals surface area contributed by atoms with Gasteiger partial charge in [-0.2, -0.15) is 0 Å². The van der Waals surface area contributed by atoms with Crippen LogP contribution in [0.2, 0.25) is 0 Å². The summed E-state index contributed by atoms with van der Waals surface area (Å²) >= 11 is 0. The third-order valence-corrected chi connectivity index (χ3v) is 5.87. The molecule has 0 aromatic carbocycles. The van der Waals surface area contributed by atoms with Gasteiger partial charge in [-0.3, -0.25) is 4.79 Å². The van der Waals surface area contributed by atoms with E-state index in [0.717, 1.165) is 32.1 Å². The minimum absolute atomic E-state index is 0.0985. The Hall–Kier alpha value is -0.610. The summed E-state index contributed by atoms with van der Waals surface area (Å²) in [6.07, 6.45) is 10.0. The summed E-state index contributed by atoms with van der Waals surface area (Å²) in [4.78, 5) is 17.5. The fourth-order valence-corrected chi connectivity index (χ4v) is 4.46. The molecule has 0 radical (unpaired) electrons. The molecule has 3 heterocycles. The number of hydrogen-bond donors (Lipinski definition) is 1. The normalized spacial score (nSPS) is 34.6. The molecule has 3 aliphatic heterocycles. The Balaban J connectivity index is 1.51. The first-order chi connectivity index (χ1) is 10.7. The van der Waals surface area contributed by atoms with Gasteiger partial charge in [0.1, 0.15) is 0 Å². The van der Waals surface area contributed by atoms with Gasteiger partial charge in [-0.05, 0) is 64.5 Å². The van der Waals surface area contributed by atoms with Crippen LogP contribution in [0, 0.1) is 5.92 Å². The lowest BCUT2D eigenvalue weighted by Gasteiger charge is -2.40. The zero-order valence-corrected chi connectivity index (χ0v) is 14.2. The van der Waals surface area contributed by atoms with Gasteiger partial charge in [0, 0.05) is 25.7 Å². The van der Waals surface area contributed by atoms with E-state index in [2.05, 4.69) is 22.0 Å². The van der Waals surface area contributed by atoms with Crippen molar-refractivity contribution in [3.8, 4) is 0 Å². The third-order valence-electron chi connectivity index (χ3n) is 5.87. The van der Waals surface area contributed by atoms with E-state index in [4.69, 9.17) is 0 Å². The standard InChI is InChI=1S/C18H33N3O/c1-15-7-3-5-11-20(15)13-16-8-6-12-21(14-16)18(22)17-9-2-4-10-19-17/h15-17,19H,2-14H2,1H3/t15?,16?,17-/m1/s1. The first-order valence-electron chi connectivity index (χ1n) is 9.50. The summed E-state index contributed by atoms with van der Waals surface area (Å²) in [5.74, 6) is 1.05. The van der Waals surface area contributed by atoms with Crippen LogP contribution in [0.15, 0.2) is 0 Å². The Labute approximate surface area is 135 Å². The fraction of sp³-hybridized carbons (Fsp3) is 0.944. The molecule has 4 nitrogen and oxygen atoms in total. The van der Waals surface area contributed by atoms with E-state index in [0.29, 0.717) is 11.8 Å². The highest BCUT2D eigenvalue weighted by atomic mass is 16.2. The predicted octanol–water partition coefficient (Wildman–Crippen LogP) is 2.24. The average Bonchev–Trinajstić information content (AvgIpc) is 2.57. The number of carbonyl (C=O) groups is 1.